The number of nitrogens with zero attached hydrogens (tertiary/aromatic N) is 6. The van der Waals surface area contributed by atoms with Crippen molar-refractivity contribution in [1.82, 2.24) is 24.8 Å². The maximum atomic E-state index is 14.3. The fourth-order valence-electron chi connectivity index (χ4n) is 7.01. The molecule has 2 aromatic heterocycles. The molecule has 11 nitrogen and oxygen atoms in total. The molecule has 0 spiro atoms. The van der Waals surface area contributed by atoms with Crippen LogP contribution < -0.4 is 15.0 Å². The molecule has 3 aliphatic heterocycles. The predicted molar refractivity (Wildman–Crippen MR) is 218 cm³/mol. The fourth-order valence-corrected chi connectivity index (χ4v) is 7.01. The van der Waals surface area contributed by atoms with Gasteiger partial charge >= 0.3 is 0 Å². The number of carbonyl (C=O) groups excluding carboxylic acids is 1. The molecule has 2 N–H and O–H groups in total. The lowest BCUT2D eigenvalue weighted by molar-refractivity contribution is -0.0591. The molecule has 0 aliphatic carbocycles. The summed E-state index contributed by atoms with van der Waals surface area (Å²) >= 11 is 0. The van der Waals surface area contributed by atoms with Crippen LogP contribution >= 0.6 is 0 Å². The average Bonchev–Trinajstić information content (AvgIpc) is 3.88. The number of anilines is 1. The molecule has 1 amide bonds. The molecule has 56 heavy (non-hydrogen) atoms. The highest BCUT2D eigenvalue weighted by molar-refractivity contribution is 5.98. The molecule has 12 heteroatoms. The van der Waals surface area contributed by atoms with E-state index >= 15 is 0 Å². The number of amides is 1. The summed E-state index contributed by atoms with van der Waals surface area (Å²) in [6.07, 6.45) is 3.06. The van der Waals surface area contributed by atoms with Crippen molar-refractivity contribution >= 4 is 22.8 Å². The number of rotatable bonds is 13. The SMILES string of the molecule is CC.CCC(C)(CO)NC(=O)c1ccc2nc(CN3CC4CN(c5cccc(OCc6ccc(C#N)cc6F)n5)CC4C3)n(CC3CCO3)c2c1.CCC(C)C. The third-order valence-corrected chi connectivity index (χ3v) is 11.1. The van der Waals surface area contributed by atoms with E-state index in [9.17, 15) is 14.3 Å². The first-order valence-electron chi connectivity index (χ1n) is 20.3. The summed E-state index contributed by atoms with van der Waals surface area (Å²) in [6.45, 7) is 20.2. The minimum Gasteiger partial charge on any atom is -0.473 e. The van der Waals surface area contributed by atoms with E-state index < -0.39 is 11.4 Å². The van der Waals surface area contributed by atoms with Gasteiger partial charge in [0.05, 0.1) is 54.0 Å². The first-order chi connectivity index (χ1) is 27.0. The number of nitriles is 1. The Morgan fingerprint density at radius 3 is 2.39 bits per heavy atom. The molecule has 3 aliphatic rings. The molecule has 3 saturated heterocycles. The smallest absolute Gasteiger partial charge is 0.251 e. The lowest BCUT2D eigenvalue weighted by Crippen LogP contribution is -2.48. The van der Waals surface area contributed by atoms with Gasteiger partial charge in [-0.2, -0.15) is 10.2 Å². The van der Waals surface area contributed by atoms with E-state index in [1.165, 1.54) is 12.5 Å². The number of imidazole rings is 1. The number of nitrogens with one attached hydrogen (secondary N) is 1. The number of benzene rings is 2. The van der Waals surface area contributed by atoms with Gasteiger partial charge in [-0.1, -0.05) is 60.1 Å². The Hall–Kier alpha value is -4.57. The van der Waals surface area contributed by atoms with Gasteiger partial charge in [0.25, 0.3) is 5.91 Å². The summed E-state index contributed by atoms with van der Waals surface area (Å²) in [5.74, 6) is 3.43. The summed E-state index contributed by atoms with van der Waals surface area (Å²) in [7, 11) is 0. The third-order valence-electron chi connectivity index (χ3n) is 11.1. The van der Waals surface area contributed by atoms with Crippen LogP contribution in [-0.2, 0) is 24.4 Å². The van der Waals surface area contributed by atoms with E-state index in [4.69, 9.17) is 24.7 Å². The van der Waals surface area contributed by atoms with Crippen LogP contribution in [0, 0.1) is 34.9 Å². The molecule has 0 radical (unpaired) electrons. The highest BCUT2D eigenvalue weighted by Crippen LogP contribution is 2.35. The molecule has 2 aromatic carbocycles. The second-order valence-corrected chi connectivity index (χ2v) is 15.6. The van der Waals surface area contributed by atoms with Crippen LogP contribution in [0.15, 0.2) is 54.6 Å². The molecule has 5 heterocycles. The summed E-state index contributed by atoms with van der Waals surface area (Å²) in [4.78, 5) is 27.7. The third kappa shape index (κ3) is 10.4. The molecule has 4 unspecified atom stereocenters. The Balaban J connectivity index is 0.000000795. The summed E-state index contributed by atoms with van der Waals surface area (Å²) in [6, 6.07) is 17.6. The molecule has 4 aromatic rings. The first kappa shape index (κ1) is 42.6. The Morgan fingerprint density at radius 2 is 1.80 bits per heavy atom. The number of aliphatic hydroxyl groups is 1. The van der Waals surface area contributed by atoms with Crippen molar-refractivity contribution in [2.75, 3.05) is 44.3 Å². The van der Waals surface area contributed by atoms with E-state index in [1.807, 2.05) is 58.0 Å². The largest absolute Gasteiger partial charge is 0.473 e. The van der Waals surface area contributed by atoms with Gasteiger partial charge in [0.2, 0.25) is 5.88 Å². The van der Waals surface area contributed by atoms with Crippen molar-refractivity contribution < 1.29 is 23.8 Å². The van der Waals surface area contributed by atoms with Gasteiger partial charge in [0.15, 0.2) is 0 Å². The van der Waals surface area contributed by atoms with Crippen LogP contribution in [0.25, 0.3) is 11.0 Å². The lowest BCUT2D eigenvalue weighted by Gasteiger charge is -2.28. The van der Waals surface area contributed by atoms with Gasteiger partial charge in [-0.15, -0.1) is 0 Å². The summed E-state index contributed by atoms with van der Waals surface area (Å²) in [5.41, 5.74) is 2.29. The van der Waals surface area contributed by atoms with Gasteiger partial charge in [0, 0.05) is 50.0 Å². The Labute approximate surface area is 331 Å². The van der Waals surface area contributed by atoms with E-state index in [2.05, 4.69) is 40.5 Å². The monoisotopic (exact) mass is 769 g/mol. The van der Waals surface area contributed by atoms with Gasteiger partial charge in [0.1, 0.15) is 24.1 Å². The molecule has 4 atom stereocenters. The normalized spacial score (nSPS) is 19.9. The topological polar surface area (TPSA) is 129 Å². The number of aliphatic hydroxyl groups excluding tert-OH is 1. The number of aromatic nitrogens is 3. The van der Waals surface area contributed by atoms with Crippen LogP contribution in [0.1, 0.15) is 95.0 Å². The minimum atomic E-state index is -0.679. The van der Waals surface area contributed by atoms with Gasteiger partial charge in [-0.3, -0.25) is 9.69 Å². The zero-order chi connectivity index (χ0) is 40.4. The summed E-state index contributed by atoms with van der Waals surface area (Å²) < 4.78 is 28.2. The Bertz CT molecular complexity index is 1940. The molecular weight excluding hydrogens is 710 g/mol. The van der Waals surface area contributed by atoms with Crippen LogP contribution in [0.3, 0.4) is 0 Å². The highest BCUT2D eigenvalue weighted by Gasteiger charge is 2.41. The fraction of sp³-hybridized carbons (Fsp3) is 0.545. The number of likely N-dealkylation sites (tertiary alicyclic amines) is 1. The first-order valence-corrected chi connectivity index (χ1v) is 20.3. The molecule has 3 fully saturated rings. The number of halogens is 1. The number of hydrogen-bond donors (Lipinski definition) is 2. The van der Waals surface area contributed by atoms with Crippen molar-refractivity contribution in [1.29, 1.82) is 5.26 Å². The molecular formula is C44H60FN7O4. The predicted octanol–water partition coefficient (Wildman–Crippen LogP) is 7.35. The number of ether oxygens (including phenoxy) is 2. The van der Waals surface area contributed by atoms with Crippen molar-refractivity contribution in [3.8, 4) is 11.9 Å². The van der Waals surface area contributed by atoms with Crippen molar-refractivity contribution in [2.24, 2.45) is 17.8 Å². The zero-order valence-corrected chi connectivity index (χ0v) is 34.2. The standard InChI is InChI=1S/C37H42FN7O4.C5H12.C2H6/c1-3-37(2,23-46)42-36(47)25-9-10-31-32(14-25)45(20-29-11-12-48-29)34(40-31)21-43-16-27-18-44(19-28(27)17-43)33-5-4-6-35(41-33)49-22-26-8-7-24(15-39)13-30(26)38;1-4-5(2)3;1-2/h4-10,13-14,27-29,46H,3,11-12,16-23H2,1-2H3,(H,42,47);5H,4H2,1-3H3;1-2H3. The Morgan fingerprint density at radius 1 is 1.09 bits per heavy atom. The van der Waals surface area contributed by atoms with Gasteiger partial charge in [-0.05, 0) is 73.9 Å². The number of fused-ring (bicyclic) bond motifs is 2. The zero-order valence-electron chi connectivity index (χ0n) is 34.2. The van der Waals surface area contributed by atoms with Crippen molar-refractivity contribution in [3.63, 3.8) is 0 Å². The molecule has 0 bridgehead atoms. The van der Waals surface area contributed by atoms with Crippen LogP contribution in [0.4, 0.5) is 10.2 Å². The van der Waals surface area contributed by atoms with Gasteiger partial charge in [-0.25, -0.2) is 9.37 Å². The molecule has 7 rings (SSSR count). The number of pyridine rings is 1. The van der Waals surface area contributed by atoms with E-state index in [-0.39, 0.29) is 30.8 Å². The van der Waals surface area contributed by atoms with Crippen LogP contribution in [0.2, 0.25) is 0 Å². The number of carbonyl (C=O) groups is 1. The lowest BCUT2D eigenvalue weighted by atomic mass is 9.99. The molecule has 0 saturated carbocycles. The second kappa shape index (κ2) is 19.5. The van der Waals surface area contributed by atoms with E-state index in [0.717, 1.165) is 67.8 Å². The molecule has 302 valence electrons. The van der Waals surface area contributed by atoms with Crippen molar-refractivity contribution in [3.05, 3.63) is 82.9 Å². The maximum absolute atomic E-state index is 14.3. The van der Waals surface area contributed by atoms with Crippen molar-refractivity contribution in [2.45, 2.75) is 99.1 Å². The second-order valence-electron chi connectivity index (χ2n) is 15.6. The number of hydrogen-bond acceptors (Lipinski definition) is 9. The van der Waals surface area contributed by atoms with E-state index in [0.29, 0.717) is 48.4 Å². The van der Waals surface area contributed by atoms with Crippen LogP contribution in [0.5, 0.6) is 5.88 Å². The quantitative estimate of drug-likeness (QED) is 0.144. The highest BCUT2D eigenvalue weighted by atomic mass is 19.1. The average molecular weight is 770 g/mol. The van der Waals surface area contributed by atoms with Gasteiger partial charge < -0.3 is 29.4 Å². The van der Waals surface area contributed by atoms with E-state index in [1.54, 1.807) is 24.3 Å². The minimum absolute atomic E-state index is 0.0301. The summed E-state index contributed by atoms with van der Waals surface area (Å²) in [5, 5.41) is 21.8. The van der Waals surface area contributed by atoms with Crippen LogP contribution in [-0.4, -0.2) is 81.5 Å². The Kier molecular flexibility index (Phi) is 14.8. The maximum Gasteiger partial charge on any atom is 0.251 e.